The van der Waals surface area contributed by atoms with Gasteiger partial charge in [0.25, 0.3) is 5.91 Å². The number of hydrogen-bond donors (Lipinski definition) is 2. The molecule has 1 aromatic heterocycles. The Balaban J connectivity index is 0.00000176. The van der Waals surface area contributed by atoms with Gasteiger partial charge in [0.1, 0.15) is 0 Å². The minimum absolute atomic E-state index is 0. The number of nitrogens with two attached hydrogens (primary N) is 1. The Labute approximate surface area is 139 Å². The van der Waals surface area contributed by atoms with E-state index in [1.165, 1.54) is 16.9 Å². The molecule has 3 rings (SSSR count). The van der Waals surface area contributed by atoms with Crippen LogP contribution >= 0.6 is 23.7 Å². The quantitative estimate of drug-likeness (QED) is 0.875. The molecule has 1 heterocycles. The van der Waals surface area contributed by atoms with Crippen molar-refractivity contribution in [1.82, 2.24) is 5.32 Å². The molecule has 0 aliphatic heterocycles. The maximum atomic E-state index is 13.1. The summed E-state index contributed by atoms with van der Waals surface area (Å²) in [4.78, 5) is 14.0. The molecule has 0 radical (unpaired) electrons. The average molecular weight is 351 g/mol. The fraction of sp³-hybridized carbons (Fsp3) is 0.667. The maximum absolute atomic E-state index is 13.1. The van der Waals surface area contributed by atoms with E-state index < -0.39 is 5.92 Å². The summed E-state index contributed by atoms with van der Waals surface area (Å²) in [7, 11) is 0. The van der Waals surface area contributed by atoms with Crippen molar-refractivity contribution in [3.05, 3.63) is 21.4 Å². The molecule has 0 bridgehead atoms. The van der Waals surface area contributed by atoms with Gasteiger partial charge in [0.15, 0.2) is 0 Å². The van der Waals surface area contributed by atoms with E-state index in [0.29, 0.717) is 23.6 Å². The van der Waals surface area contributed by atoms with Gasteiger partial charge in [-0.15, -0.1) is 23.7 Å². The standard InChI is InChI=1S/C15H20F2N2OS.ClH/c1-8-10(11-6-12(11)18)7-13(21-8)14(20)19-9-2-4-15(16,17)5-3-9;/h7,9,11-12H,2-6,18H2,1H3,(H,19,20);1H. The predicted molar refractivity (Wildman–Crippen MR) is 86.3 cm³/mol. The van der Waals surface area contributed by atoms with Gasteiger partial charge < -0.3 is 11.1 Å². The van der Waals surface area contributed by atoms with Gasteiger partial charge in [-0.2, -0.15) is 0 Å². The van der Waals surface area contributed by atoms with Gasteiger partial charge in [0, 0.05) is 35.7 Å². The van der Waals surface area contributed by atoms with Crippen molar-refractivity contribution in [2.45, 2.75) is 63.0 Å². The number of halogens is 3. The summed E-state index contributed by atoms with van der Waals surface area (Å²) >= 11 is 1.47. The Kier molecular flexibility index (Phi) is 5.14. The Hall–Kier alpha value is -0.720. The van der Waals surface area contributed by atoms with Gasteiger partial charge >= 0.3 is 0 Å². The number of carbonyl (C=O) groups is 1. The van der Waals surface area contributed by atoms with Crippen molar-refractivity contribution in [2.24, 2.45) is 5.73 Å². The van der Waals surface area contributed by atoms with Crippen LogP contribution in [-0.4, -0.2) is 23.9 Å². The van der Waals surface area contributed by atoms with Crippen LogP contribution < -0.4 is 11.1 Å². The number of alkyl halides is 2. The van der Waals surface area contributed by atoms with Crippen molar-refractivity contribution in [1.29, 1.82) is 0 Å². The molecule has 2 aliphatic carbocycles. The summed E-state index contributed by atoms with van der Waals surface area (Å²) < 4.78 is 26.2. The number of aryl methyl sites for hydroxylation is 1. The lowest BCUT2D eigenvalue weighted by Gasteiger charge is -2.28. The largest absolute Gasteiger partial charge is 0.349 e. The number of amides is 1. The van der Waals surface area contributed by atoms with Crippen LogP contribution in [0.15, 0.2) is 6.07 Å². The molecule has 3 nitrogen and oxygen atoms in total. The van der Waals surface area contributed by atoms with E-state index in [9.17, 15) is 13.6 Å². The molecule has 1 aromatic rings. The molecule has 1 amide bonds. The highest BCUT2D eigenvalue weighted by atomic mass is 35.5. The Morgan fingerprint density at radius 3 is 2.55 bits per heavy atom. The lowest BCUT2D eigenvalue weighted by Crippen LogP contribution is -2.40. The molecule has 0 spiro atoms. The van der Waals surface area contributed by atoms with Crippen molar-refractivity contribution < 1.29 is 13.6 Å². The van der Waals surface area contributed by atoms with Crippen LogP contribution in [0.4, 0.5) is 8.78 Å². The van der Waals surface area contributed by atoms with Gasteiger partial charge in [0.2, 0.25) is 5.92 Å². The lowest BCUT2D eigenvalue weighted by atomic mass is 9.92. The Morgan fingerprint density at radius 1 is 1.41 bits per heavy atom. The monoisotopic (exact) mass is 350 g/mol. The zero-order valence-corrected chi connectivity index (χ0v) is 14.0. The average Bonchev–Trinajstić information content (AvgIpc) is 3.00. The van der Waals surface area contributed by atoms with Crippen LogP contribution in [0, 0.1) is 6.92 Å². The highest BCUT2D eigenvalue weighted by Gasteiger charge is 2.38. The second-order valence-electron chi connectivity index (χ2n) is 6.23. The van der Waals surface area contributed by atoms with Crippen LogP contribution in [0.3, 0.4) is 0 Å². The first kappa shape index (κ1) is 17.6. The molecule has 124 valence electrons. The number of thiophene rings is 1. The molecule has 3 N–H and O–H groups in total. The second kappa shape index (κ2) is 6.42. The minimum atomic E-state index is -2.56. The predicted octanol–water partition coefficient (Wildman–Crippen LogP) is 3.60. The highest BCUT2D eigenvalue weighted by Crippen LogP contribution is 2.43. The molecule has 2 unspecified atom stereocenters. The van der Waals surface area contributed by atoms with Crippen LogP contribution in [0.5, 0.6) is 0 Å². The SMILES string of the molecule is Cc1sc(C(=O)NC2CCC(F)(F)CC2)cc1C1CC1N.Cl. The topological polar surface area (TPSA) is 55.1 Å². The molecule has 22 heavy (non-hydrogen) atoms. The smallest absolute Gasteiger partial charge is 0.261 e. The van der Waals surface area contributed by atoms with Gasteiger partial charge in [0.05, 0.1) is 4.88 Å². The van der Waals surface area contributed by atoms with Gasteiger partial charge in [-0.3, -0.25) is 4.79 Å². The zero-order chi connectivity index (χ0) is 15.2. The summed E-state index contributed by atoms with van der Waals surface area (Å²) in [6, 6.07) is 2.01. The molecular formula is C15H21ClF2N2OS. The van der Waals surface area contributed by atoms with Crippen LogP contribution in [0.1, 0.15) is 58.1 Å². The summed E-state index contributed by atoms with van der Waals surface area (Å²) in [5.41, 5.74) is 7.03. The molecule has 2 saturated carbocycles. The van der Waals surface area contributed by atoms with Crippen LogP contribution in [-0.2, 0) is 0 Å². The first-order valence-corrected chi connectivity index (χ1v) is 8.22. The van der Waals surface area contributed by atoms with Crippen molar-refractivity contribution >= 4 is 29.7 Å². The van der Waals surface area contributed by atoms with Crippen molar-refractivity contribution in [3.8, 4) is 0 Å². The molecule has 2 fully saturated rings. The lowest BCUT2D eigenvalue weighted by molar-refractivity contribution is -0.0399. The third-order valence-electron chi connectivity index (χ3n) is 4.47. The number of hydrogen-bond acceptors (Lipinski definition) is 3. The van der Waals surface area contributed by atoms with Crippen molar-refractivity contribution in [3.63, 3.8) is 0 Å². The fourth-order valence-electron chi connectivity index (χ4n) is 2.99. The minimum Gasteiger partial charge on any atom is -0.349 e. The molecule has 2 aliphatic rings. The first-order valence-electron chi connectivity index (χ1n) is 7.40. The number of nitrogens with one attached hydrogen (secondary N) is 1. The Bertz CT molecular complexity index is 554. The van der Waals surface area contributed by atoms with E-state index in [-0.39, 0.29) is 43.2 Å². The summed E-state index contributed by atoms with van der Waals surface area (Å²) in [5, 5.41) is 2.89. The summed E-state index contributed by atoms with van der Waals surface area (Å²) in [6.45, 7) is 2.00. The molecule has 0 aromatic carbocycles. The maximum Gasteiger partial charge on any atom is 0.261 e. The summed E-state index contributed by atoms with van der Waals surface area (Å²) in [5.74, 6) is -2.31. The van der Waals surface area contributed by atoms with Gasteiger partial charge in [-0.1, -0.05) is 0 Å². The van der Waals surface area contributed by atoms with Crippen LogP contribution in [0.25, 0.3) is 0 Å². The zero-order valence-electron chi connectivity index (χ0n) is 12.4. The molecule has 0 saturated heterocycles. The normalized spacial score (nSPS) is 27.1. The van der Waals surface area contributed by atoms with Crippen molar-refractivity contribution in [2.75, 3.05) is 0 Å². The van der Waals surface area contributed by atoms with Gasteiger partial charge in [-0.05, 0) is 37.8 Å². The fourth-order valence-corrected chi connectivity index (χ4v) is 3.98. The third kappa shape index (κ3) is 3.78. The van der Waals surface area contributed by atoms with E-state index in [1.54, 1.807) is 0 Å². The first-order chi connectivity index (χ1) is 9.85. The van der Waals surface area contributed by atoms with E-state index in [4.69, 9.17) is 5.73 Å². The van der Waals surface area contributed by atoms with Gasteiger partial charge in [-0.25, -0.2) is 8.78 Å². The molecule has 2 atom stereocenters. The highest BCUT2D eigenvalue weighted by molar-refractivity contribution is 7.14. The Morgan fingerprint density at radius 2 is 2.00 bits per heavy atom. The van der Waals surface area contributed by atoms with E-state index in [2.05, 4.69) is 5.32 Å². The summed E-state index contributed by atoms with van der Waals surface area (Å²) in [6.07, 6.45) is 1.41. The van der Waals surface area contributed by atoms with E-state index >= 15 is 0 Å². The number of carbonyl (C=O) groups excluding carboxylic acids is 1. The molecule has 7 heteroatoms. The van der Waals surface area contributed by atoms with Crippen LogP contribution in [0.2, 0.25) is 0 Å². The molecular weight excluding hydrogens is 330 g/mol. The van der Waals surface area contributed by atoms with E-state index in [1.807, 2.05) is 13.0 Å². The second-order valence-corrected chi connectivity index (χ2v) is 7.49. The number of rotatable bonds is 3. The third-order valence-corrected chi connectivity index (χ3v) is 5.54. The van der Waals surface area contributed by atoms with E-state index in [0.717, 1.165) is 11.3 Å².